The van der Waals surface area contributed by atoms with E-state index in [1.807, 2.05) is 0 Å². The number of para-hydroxylation sites is 1. The lowest BCUT2D eigenvalue weighted by molar-refractivity contribution is 0.0588. The normalized spacial score (nSPS) is 10.2. The summed E-state index contributed by atoms with van der Waals surface area (Å²) >= 11 is 0. The molecule has 3 aromatic rings. The van der Waals surface area contributed by atoms with Gasteiger partial charge in [0.2, 0.25) is 0 Å². The zero-order valence-electron chi connectivity index (χ0n) is 19.0. The second-order valence-electron chi connectivity index (χ2n) is 6.93. The Morgan fingerprint density at radius 1 is 0.882 bits per heavy atom. The van der Waals surface area contributed by atoms with Crippen molar-refractivity contribution < 1.29 is 28.6 Å². The van der Waals surface area contributed by atoms with Crippen LogP contribution < -0.4 is 16.0 Å². The highest BCUT2D eigenvalue weighted by molar-refractivity contribution is 5.99. The van der Waals surface area contributed by atoms with Gasteiger partial charge in [-0.3, -0.25) is 0 Å². The molecule has 3 rings (SSSR count). The molecule has 0 fully saturated rings. The van der Waals surface area contributed by atoms with Crippen LogP contribution in [-0.2, 0) is 14.2 Å². The van der Waals surface area contributed by atoms with Crippen LogP contribution in [0.5, 0.6) is 0 Å². The molecule has 3 N–H and O–H groups in total. The minimum atomic E-state index is -0.635. The number of carbonyl (C=O) groups is 3. The molecular weight excluding hydrogens is 442 g/mol. The van der Waals surface area contributed by atoms with E-state index in [-0.39, 0.29) is 22.6 Å². The summed E-state index contributed by atoms with van der Waals surface area (Å²) in [5.41, 5.74) is 7.96. The summed E-state index contributed by atoms with van der Waals surface area (Å²) in [5, 5.41) is 3.00. The summed E-state index contributed by atoms with van der Waals surface area (Å²) in [6, 6.07) is 11.2. The standard InChI is InChI=1S/C23H23N5O6/c1-28(17-8-6-5-7-16(17)23(31)34-4)20-18(24)19(25-12-26-20)27-15-10-13(21(29)32-2)9-14(11-15)22(30)33-3/h5-12H,24H2,1-4H3,(H,25,26,27). The first-order valence-electron chi connectivity index (χ1n) is 9.91. The second kappa shape index (κ2) is 10.3. The third-order valence-corrected chi connectivity index (χ3v) is 4.89. The summed E-state index contributed by atoms with van der Waals surface area (Å²) in [6.07, 6.45) is 1.29. The Balaban J connectivity index is 2.02. The van der Waals surface area contributed by atoms with Crippen LogP contribution >= 0.6 is 0 Å². The molecule has 0 aliphatic heterocycles. The van der Waals surface area contributed by atoms with Crippen molar-refractivity contribution in [3.8, 4) is 0 Å². The first-order valence-corrected chi connectivity index (χ1v) is 9.91. The molecule has 34 heavy (non-hydrogen) atoms. The molecule has 0 amide bonds. The Bertz CT molecular complexity index is 1210. The van der Waals surface area contributed by atoms with Gasteiger partial charge in [0.1, 0.15) is 12.0 Å². The van der Waals surface area contributed by atoms with E-state index in [0.29, 0.717) is 22.8 Å². The lowest BCUT2D eigenvalue weighted by atomic mass is 10.1. The molecule has 0 atom stereocenters. The Morgan fingerprint density at radius 2 is 1.47 bits per heavy atom. The van der Waals surface area contributed by atoms with E-state index >= 15 is 0 Å². The molecule has 0 radical (unpaired) electrons. The van der Waals surface area contributed by atoms with Crippen LogP contribution in [-0.4, -0.2) is 56.3 Å². The number of hydrogen-bond donors (Lipinski definition) is 2. The summed E-state index contributed by atoms with van der Waals surface area (Å²) in [6.45, 7) is 0. The van der Waals surface area contributed by atoms with Gasteiger partial charge in [-0.05, 0) is 30.3 Å². The summed E-state index contributed by atoms with van der Waals surface area (Å²) in [7, 11) is 5.45. The minimum absolute atomic E-state index is 0.130. The molecule has 0 aliphatic rings. The average molecular weight is 465 g/mol. The van der Waals surface area contributed by atoms with E-state index in [0.717, 1.165) is 0 Å². The molecule has 176 valence electrons. The van der Waals surface area contributed by atoms with Gasteiger partial charge in [-0.25, -0.2) is 24.4 Å². The van der Waals surface area contributed by atoms with Crippen LogP contribution in [0.1, 0.15) is 31.1 Å². The van der Waals surface area contributed by atoms with Gasteiger partial charge in [0, 0.05) is 12.7 Å². The van der Waals surface area contributed by atoms with Crippen molar-refractivity contribution >= 4 is 46.6 Å². The number of anilines is 5. The van der Waals surface area contributed by atoms with Gasteiger partial charge in [0.25, 0.3) is 0 Å². The van der Waals surface area contributed by atoms with Crippen LogP contribution in [0, 0.1) is 0 Å². The number of ether oxygens (including phenoxy) is 3. The minimum Gasteiger partial charge on any atom is -0.465 e. The van der Waals surface area contributed by atoms with Crippen molar-refractivity contribution in [2.75, 3.05) is 44.3 Å². The van der Waals surface area contributed by atoms with Gasteiger partial charge in [-0.1, -0.05) is 12.1 Å². The second-order valence-corrected chi connectivity index (χ2v) is 6.93. The van der Waals surface area contributed by atoms with E-state index < -0.39 is 17.9 Å². The molecular formula is C23H23N5O6. The van der Waals surface area contributed by atoms with E-state index in [9.17, 15) is 14.4 Å². The molecule has 11 nitrogen and oxygen atoms in total. The lowest BCUT2D eigenvalue weighted by Crippen LogP contribution is -2.18. The Labute approximate surface area is 195 Å². The van der Waals surface area contributed by atoms with E-state index in [1.165, 1.54) is 45.9 Å². The van der Waals surface area contributed by atoms with Gasteiger partial charge in [-0.2, -0.15) is 0 Å². The van der Waals surface area contributed by atoms with Gasteiger partial charge < -0.3 is 30.2 Å². The maximum absolute atomic E-state index is 12.2. The highest BCUT2D eigenvalue weighted by atomic mass is 16.5. The zero-order valence-corrected chi connectivity index (χ0v) is 19.0. The zero-order chi connectivity index (χ0) is 24.8. The van der Waals surface area contributed by atoms with Crippen LogP contribution in [0.15, 0.2) is 48.8 Å². The number of esters is 3. The monoisotopic (exact) mass is 465 g/mol. The highest BCUT2D eigenvalue weighted by Crippen LogP contribution is 2.34. The first kappa shape index (κ1) is 24.0. The van der Waals surface area contributed by atoms with E-state index in [4.69, 9.17) is 19.9 Å². The summed E-state index contributed by atoms with van der Waals surface area (Å²) in [5.74, 6) is -1.26. The summed E-state index contributed by atoms with van der Waals surface area (Å²) < 4.78 is 14.4. The molecule has 0 bridgehead atoms. The fourth-order valence-electron chi connectivity index (χ4n) is 3.22. The van der Waals surface area contributed by atoms with E-state index in [1.54, 1.807) is 36.2 Å². The van der Waals surface area contributed by atoms with E-state index in [2.05, 4.69) is 15.3 Å². The number of aromatic nitrogens is 2. The quantitative estimate of drug-likeness (QED) is 0.392. The highest BCUT2D eigenvalue weighted by Gasteiger charge is 2.20. The fraction of sp³-hybridized carbons (Fsp3) is 0.174. The number of nitrogens with one attached hydrogen (secondary N) is 1. The predicted octanol–water partition coefficient (Wildman–Crippen LogP) is 2.93. The van der Waals surface area contributed by atoms with Crippen molar-refractivity contribution in [1.29, 1.82) is 0 Å². The third-order valence-electron chi connectivity index (χ3n) is 4.89. The number of nitrogen functional groups attached to an aromatic ring is 1. The molecule has 1 aromatic heterocycles. The van der Waals surface area contributed by atoms with Crippen molar-refractivity contribution in [3.05, 3.63) is 65.5 Å². The fourth-order valence-corrected chi connectivity index (χ4v) is 3.22. The van der Waals surface area contributed by atoms with Crippen molar-refractivity contribution in [1.82, 2.24) is 9.97 Å². The molecule has 0 saturated carbocycles. The lowest BCUT2D eigenvalue weighted by Gasteiger charge is -2.23. The number of nitrogens with two attached hydrogens (primary N) is 1. The topological polar surface area (TPSA) is 146 Å². The van der Waals surface area contributed by atoms with Crippen LogP contribution in [0.4, 0.5) is 28.7 Å². The van der Waals surface area contributed by atoms with Crippen molar-refractivity contribution in [2.45, 2.75) is 0 Å². The van der Waals surface area contributed by atoms with Crippen molar-refractivity contribution in [3.63, 3.8) is 0 Å². The van der Waals surface area contributed by atoms with Crippen molar-refractivity contribution in [2.24, 2.45) is 0 Å². The Kier molecular flexibility index (Phi) is 7.26. The molecule has 0 saturated heterocycles. The number of rotatable bonds is 7. The number of nitrogens with zero attached hydrogens (tertiary/aromatic N) is 3. The van der Waals surface area contributed by atoms with Gasteiger partial charge in [0.05, 0.1) is 43.7 Å². The molecule has 2 aromatic carbocycles. The number of hydrogen-bond acceptors (Lipinski definition) is 11. The third kappa shape index (κ3) is 4.88. The maximum atomic E-state index is 12.2. The van der Waals surface area contributed by atoms with Crippen LogP contribution in [0.3, 0.4) is 0 Å². The van der Waals surface area contributed by atoms with Crippen LogP contribution in [0.2, 0.25) is 0 Å². The van der Waals surface area contributed by atoms with Crippen LogP contribution in [0.25, 0.3) is 0 Å². The maximum Gasteiger partial charge on any atom is 0.339 e. The average Bonchev–Trinajstić information content (AvgIpc) is 2.87. The number of methoxy groups -OCH3 is 3. The smallest absolute Gasteiger partial charge is 0.339 e. The molecule has 1 heterocycles. The predicted molar refractivity (Wildman–Crippen MR) is 125 cm³/mol. The largest absolute Gasteiger partial charge is 0.465 e. The molecule has 0 aliphatic carbocycles. The van der Waals surface area contributed by atoms with Gasteiger partial charge in [0.15, 0.2) is 11.6 Å². The Hall–Kier alpha value is -4.67. The van der Waals surface area contributed by atoms with Gasteiger partial charge >= 0.3 is 17.9 Å². The first-order chi connectivity index (χ1) is 16.3. The Morgan fingerprint density at radius 3 is 2.06 bits per heavy atom. The molecule has 0 spiro atoms. The number of carbonyl (C=O) groups excluding carboxylic acids is 3. The molecule has 11 heteroatoms. The SMILES string of the molecule is COC(=O)c1cc(Nc2ncnc(N(C)c3ccccc3C(=O)OC)c2N)cc(C(=O)OC)c1. The number of benzene rings is 2. The molecule has 0 unspecified atom stereocenters. The van der Waals surface area contributed by atoms with Gasteiger partial charge in [-0.15, -0.1) is 0 Å². The summed E-state index contributed by atoms with van der Waals surface area (Å²) in [4.78, 5) is 46.4.